The van der Waals surface area contributed by atoms with Gasteiger partial charge in [-0.05, 0) is 41.0 Å². The van der Waals surface area contributed by atoms with Gasteiger partial charge in [-0.1, -0.05) is 54.6 Å². The summed E-state index contributed by atoms with van der Waals surface area (Å²) in [7, 11) is -5.52. The molecule has 49 heavy (non-hydrogen) atoms. The third kappa shape index (κ3) is 6.94. The molecule has 0 radical (unpaired) electrons. The minimum atomic E-state index is -4.30. The van der Waals surface area contributed by atoms with Crippen molar-refractivity contribution < 1.29 is 44.1 Å². The number of hydrogen-bond donors (Lipinski definition) is 1. The summed E-state index contributed by atoms with van der Waals surface area (Å²) in [6.45, 7) is 0. The molecule has 1 N–H and O–H groups in total. The van der Waals surface area contributed by atoms with E-state index in [1.165, 1.54) is 25.1 Å². The van der Waals surface area contributed by atoms with Crippen molar-refractivity contribution in [3.63, 3.8) is 0 Å². The highest BCUT2D eigenvalue weighted by Crippen LogP contribution is 2.46. The van der Waals surface area contributed by atoms with E-state index in [0.29, 0.717) is 28.2 Å². The third-order valence-electron chi connectivity index (χ3n) is 7.82. The monoisotopic (exact) mass is 712 g/mol. The van der Waals surface area contributed by atoms with E-state index < -0.39 is 56.1 Å². The summed E-state index contributed by atoms with van der Waals surface area (Å²) in [4.78, 5) is 23.2. The van der Waals surface area contributed by atoms with Crippen LogP contribution in [0.15, 0.2) is 96.3 Å². The number of nitrogens with zero attached hydrogens (tertiary/aromatic N) is 3. The number of fused-ring (bicyclic) bond motifs is 1. The van der Waals surface area contributed by atoms with E-state index in [1.54, 1.807) is 60.7 Å². The minimum absolute atomic E-state index is 0.00855. The number of nitrogens with one attached hydrogen (secondary N) is 1. The van der Waals surface area contributed by atoms with Crippen LogP contribution < -0.4 is 15.0 Å². The second-order valence-electron chi connectivity index (χ2n) is 11.1. The number of imidazole rings is 1. The molecule has 1 aliphatic heterocycles. The van der Waals surface area contributed by atoms with E-state index in [2.05, 4.69) is 15.0 Å². The van der Waals surface area contributed by atoms with Gasteiger partial charge in [-0.15, -0.1) is 0 Å². The van der Waals surface area contributed by atoms with Crippen molar-refractivity contribution in [2.24, 2.45) is 0 Å². The molecule has 0 spiro atoms. The maximum Gasteiger partial charge on any atom is 0.278 e. The molecule has 3 aromatic carbocycles. The first kappa shape index (κ1) is 34.2. The van der Waals surface area contributed by atoms with Crippen LogP contribution in [0.25, 0.3) is 11.2 Å². The Balaban J connectivity index is 1.59. The Bertz CT molecular complexity index is 2160. The molecule has 6 rings (SSSR count). The molecule has 17 heteroatoms. The Morgan fingerprint density at radius 3 is 1.82 bits per heavy atom. The molecule has 5 aromatic rings. The van der Waals surface area contributed by atoms with Crippen LogP contribution in [0.4, 0.5) is 0 Å². The lowest BCUT2D eigenvalue weighted by Gasteiger charge is -2.38. The molecule has 0 unspecified atom stereocenters. The van der Waals surface area contributed by atoms with Gasteiger partial charge < -0.3 is 23.9 Å². The molecule has 1 aliphatic rings. The lowest BCUT2D eigenvalue weighted by molar-refractivity contribution is -0.212. The van der Waals surface area contributed by atoms with Crippen molar-refractivity contribution in [3.05, 3.63) is 119 Å². The summed E-state index contributed by atoms with van der Waals surface area (Å²) >= 11 is 0. The lowest BCUT2D eigenvalue weighted by atomic mass is 9.80. The van der Waals surface area contributed by atoms with Crippen molar-refractivity contribution >= 4 is 31.4 Å². The fourth-order valence-electron chi connectivity index (χ4n) is 5.79. The van der Waals surface area contributed by atoms with Crippen molar-refractivity contribution in [1.82, 2.24) is 19.5 Å². The highest BCUT2D eigenvalue weighted by atomic mass is 32.2. The molecule has 0 amide bonds. The Kier molecular flexibility index (Phi) is 9.31. The molecule has 1 fully saturated rings. The zero-order valence-corrected chi connectivity index (χ0v) is 28.3. The number of rotatable bonds is 12. The number of aromatic nitrogens is 4. The smallest absolute Gasteiger partial charge is 0.278 e. The summed E-state index contributed by atoms with van der Waals surface area (Å²) < 4.78 is 87.3. The highest BCUT2D eigenvalue weighted by molar-refractivity contribution is 7.86. The van der Waals surface area contributed by atoms with Gasteiger partial charge in [0.1, 0.15) is 17.1 Å². The van der Waals surface area contributed by atoms with Gasteiger partial charge in [0.15, 0.2) is 35.9 Å². The predicted molar refractivity (Wildman–Crippen MR) is 175 cm³/mol. The highest BCUT2D eigenvalue weighted by Gasteiger charge is 2.55. The second-order valence-corrected chi connectivity index (χ2v) is 14.3. The first-order chi connectivity index (χ1) is 23.3. The maximum absolute atomic E-state index is 12.8. The van der Waals surface area contributed by atoms with E-state index in [1.807, 2.05) is 18.2 Å². The number of ether oxygens (including phenoxy) is 4. The second kappa shape index (κ2) is 13.3. The van der Waals surface area contributed by atoms with Gasteiger partial charge in [-0.2, -0.15) is 16.8 Å². The van der Waals surface area contributed by atoms with Crippen LogP contribution in [0, 0.1) is 0 Å². The molecular formula is C32H32N4O11S2. The third-order valence-corrected chi connectivity index (χ3v) is 8.97. The van der Waals surface area contributed by atoms with Crippen LogP contribution in [0.2, 0.25) is 0 Å². The maximum atomic E-state index is 12.8. The van der Waals surface area contributed by atoms with Crippen molar-refractivity contribution in [3.8, 4) is 11.5 Å². The van der Waals surface area contributed by atoms with Crippen molar-refractivity contribution in [2.75, 3.05) is 26.7 Å². The van der Waals surface area contributed by atoms with Gasteiger partial charge in [0.2, 0.25) is 0 Å². The first-order valence-corrected chi connectivity index (χ1v) is 18.3. The topological polar surface area (TPSA) is 187 Å². The largest absolute Gasteiger partial charge is 0.497 e. The van der Waals surface area contributed by atoms with Gasteiger partial charge in [-0.25, -0.2) is 9.97 Å². The van der Waals surface area contributed by atoms with Crippen LogP contribution in [0.3, 0.4) is 0 Å². The van der Waals surface area contributed by atoms with E-state index in [0.717, 1.165) is 18.8 Å². The quantitative estimate of drug-likeness (QED) is 0.147. The Labute approximate surface area is 281 Å². The molecule has 0 aliphatic carbocycles. The zero-order valence-electron chi connectivity index (χ0n) is 26.6. The SMILES string of the molecule is COc1ccc(C(O[C@H]2O[C@@H](n3cnc4c(=O)[nH]cnc43)[C@H](OS(C)(=O)=O)[C@@H]2OS(C)(=O)=O)(c2ccccc2)c2ccc(OC)cc2)cc1. The number of hydrogen-bond acceptors (Lipinski definition) is 13. The molecule has 1 saturated heterocycles. The number of H-pyrrole nitrogens is 1. The normalized spacial score (nSPS) is 20.0. The molecular weight excluding hydrogens is 681 g/mol. The van der Waals surface area contributed by atoms with Gasteiger partial charge >= 0.3 is 0 Å². The standard InChI is InChI=1S/C32H32N4O11S2/c1-42-23-14-10-21(11-15-23)32(20-8-6-5-7-9-20,22-12-16-24(43-2)17-13-22)45-31-27(47-49(4,40)41)26(46-48(3,38)39)30(44-31)36-19-35-25-28(36)33-18-34-29(25)37/h5-19,26-27,30-31H,1-4H3,(H,33,34,37)/t26-,27+,30-,31-/m1/s1. The Morgan fingerprint density at radius 1 is 0.755 bits per heavy atom. The molecule has 2 aromatic heterocycles. The molecule has 0 bridgehead atoms. The minimum Gasteiger partial charge on any atom is -0.497 e. The fourth-order valence-corrected chi connectivity index (χ4v) is 7.00. The summed E-state index contributed by atoms with van der Waals surface area (Å²) in [6, 6.07) is 23.1. The van der Waals surface area contributed by atoms with E-state index >= 15 is 0 Å². The average molecular weight is 713 g/mol. The van der Waals surface area contributed by atoms with Crippen LogP contribution in [0.1, 0.15) is 22.9 Å². The van der Waals surface area contributed by atoms with Gasteiger partial charge in [-0.3, -0.25) is 17.7 Å². The molecule has 258 valence electrons. The van der Waals surface area contributed by atoms with Crippen LogP contribution in [-0.2, 0) is 43.7 Å². The Hall–Kier alpha value is -4.65. The lowest BCUT2D eigenvalue weighted by Crippen LogP contribution is -2.44. The van der Waals surface area contributed by atoms with Gasteiger partial charge in [0.25, 0.3) is 25.8 Å². The molecule has 15 nitrogen and oxygen atoms in total. The summed E-state index contributed by atoms with van der Waals surface area (Å²) in [5, 5.41) is 0. The van der Waals surface area contributed by atoms with E-state index in [4.69, 9.17) is 27.3 Å². The van der Waals surface area contributed by atoms with Crippen molar-refractivity contribution in [2.45, 2.75) is 30.3 Å². The zero-order chi connectivity index (χ0) is 35.0. The number of aromatic amines is 1. The Morgan fingerprint density at radius 2 is 1.29 bits per heavy atom. The van der Waals surface area contributed by atoms with Gasteiger partial charge in [0.05, 0.1) is 39.4 Å². The van der Waals surface area contributed by atoms with E-state index in [-0.39, 0.29) is 11.2 Å². The van der Waals surface area contributed by atoms with Gasteiger partial charge in [0, 0.05) is 0 Å². The number of benzene rings is 3. The van der Waals surface area contributed by atoms with Crippen molar-refractivity contribution in [1.29, 1.82) is 0 Å². The summed E-state index contributed by atoms with van der Waals surface area (Å²) in [5.74, 6) is 1.12. The summed E-state index contributed by atoms with van der Waals surface area (Å²) in [6.07, 6.45) is -2.55. The van der Waals surface area contributed by atoms with Crippen LogP contribution >= 0.6 is 0 Å². The van der Waals surface area contributed by atoms with E-state index in [9.17, 15) is 21.6 Å². The first-order valence-electron chi connectivity index (χ1n) is 14.7. The number of methoxy groups -OCH3 is 2. The molecule has 0 saturated carbocycles. The molecule has 4 atom stereocenters. The average Bonchev–Trinajstić information content (AvgIpc) is 3.64. The summed E-state index contributed by atoms with van der Waals surface area (Å²) in [5.41, 5.74) is -0.467. The van der Waals surface area contributed by atoms with Crippen LogP contribution in [-0.4, -0.2) is 81.6 Å². The fraction of sp³-hybridized carbons (Fsp3) is 0.281. The predicted octanol–water partition coefficient (Wildman–Crippen LogP) is 2.69. The molecule has 3 heterocycles. The van der Waals surface area contributed by atoms with Crippen LogP contribution in [0.5, 0.6) is 11.5 Å².